The van der Waals surface area contributed by atoms with E-state index in [9.17, 15) is 5.11 Å². The molecular weight excluding hydrogens is 348 g/mol. The molecule has 2 rings (SSSR count). The lowest BCUT2D eigenvalue weighted by Gasteiger charge is -2.18. The number of halogens is 1. The smallest absolute Gasteiger partial charge is 0.125 e. The molecule has 0 aliphatic carbocycles. The van der Waals surface area contributed by atoms with Crippen molar-refractivity contribution < 1.29 is 9.84 Å². The molecule has 21 heavy (non-hydrogen) atoms. The lowest BCUT2D eigenvalue weighted by atomic mass is 10.0. The van der Waals surface area contributed by atoms with Gasteiger partial charge in [-0.05, 0) is 49.2 Å². The van der Waals surface area contributed by atoms with Crippen LogP contribution in [0.3, 0.4) is 0 Å². The van der Waals surface area contributed by atoms with Gasteiger partial charge in [0.1, 0.15) is 5.75 Å². The Morgan fingerprint density at radius 1 is 1.24 bits per heavy atom. The molecule has 4 heteroatoms. The summed E-state index contributed by atoms with van der Waals surface area (Å²) in [5.41, 5.74) is 3.08. The van der Waals surface area contributed by atoms with Gasteiger partial charge in [0, 0.05) is 20.7 Å². The van der Waals surface area contributed by atoms with E-state index in [0.29, 0.717) is 5.75 Å². The Morgan fingerprint density at radius 3 is 2.67 bits per heavy atom. The number of rotatable bonds is 5. The van der Waals surface area contributed by atoms with Gasteiger partial charge in [-0.3, -0.25) is 0 Å². The monoisotopic (exact) mass is 366 g/mol. The predicted octanol–water partition coefficient (Wildman–Crippen LogP) is 4.90. The molecule has 0 radical (unpaired) electrons. The summed E-state index contributed by atoms with van der Waals surface area (Å²) in [5, 5.41) is 10.5. The second-order valence-electron chi connectivity index (χ2n) is 4.98. The minimum atomic E-state index is -0.551. The molecule has 1 atom stereocenters. The van der Waals surface area contributed by atoms with Crippen LogP contribution in [0.2, 0.25) is 0 Å². The second-order valence-corrected chi connectivity index (χ2v) is 6.99. The molecule has 0 saturated carbocycles. The van der Waals surface area contributed by atoms with Crippen molar-refractivity contribution in [3.8, 4) is 5.75 Å². The number of aliphatic hydroxyl groups is 1. The first-order valence-electron chi connectivity index (χ1n) is 6.73. The van der Waals surface area contributed by atoms with Crippen LogP contribution in [0.5, 0.6) is 5.75 Å². The Balaban J connectivity index is 2.15. The van der Waals surface area contributed by atoms with Crippen LogP contribution in [-0.4, -0.2) is 18.0 Å². The second kappa shape index (κ2) is 7.34. The molecule has 0 heterocycles. The van der Waals surface area contributed by atoms with E-state index in [1.165, 1.54) is 0 Å². The molecule has 0 fully saturated rings. The van der Waals surface area contributed by atoms with Gasteiger partial charge in [-0.25, -0.2) is 0 Å². The molecule has 2 aromatic rings. The number of benzene rings is 2. The van der Waals surface area contributed by atoms with Gasteiger partial charge in [0.05, 0.1) is 13.2 Å². The van der Waals surface area contributed by atoms with Gasteiger partial charge in [-0.2, -0.15) is 0 Å². The molecule has 0 spiro atoms. The molecule has 0 aliphatic rings. The molecule has 1 N–H and O–H groups in total. The summed E-state index contributed by atoms with van der Waals surface area (Å²) in [6, 6.07) is 12.1. The van der Waals surface area contributed by atoms with E-state index in [4.69, 9.17) is 4.74 Å². The number of hydrogen-bond acceptors (Lipinski definition) is 3. The average Bonchev–Trinajstić information content (AvgIpc) is 2.44. The Hall–Kier alpha value is -0.970. The molecule has 0 saturated heterocycles. The number of ether oxygens (including phenoxy) is 1. The maximum atomic E-state index is 10.5. The summed E-state index contributed by atoms with van der Waals surface area (Å²) in [7, 11) is 1.64. The highest BCUT2D eigenvalue weighted by Gasteiger charge is 2.17. The highest BCUT2D eigenvalue weighted by Crippen LogP contribution is 2.33. The largest absolute Gasteiger partial charge is 0.496 e. The van der Waals surface area contributed by atoms with E-state index in [1.54, 1.807) is 18.9 Å². The van der Waals surface area contributed by atoms with E-state index >= 15 is 0 Å². The third-order valence-electron chi connectivity index (χ3n) is 3.25. The van der Waals surface area contributed by atoms with Crippen LogP contribution in [0.1, 0.15) is 22.8 Å². The normalized spacial score (nSPS) is 12.2. The third-order valence-corrected chi connectivity index (χ3v) is 4.81. The van der Waals surface area contributed by atoms with Crippen molar-refractivity contribution in [2.75, 3.05) is 12.9 Å². The van der Waals surface area contributed by atoms with Crippen LogP contribution in [0.4, 0.5) is 0 Å². The quantitative estimate of drug-likeness (QED) is 0.763. The number of hydrogen-bond donors (Lipinski definition) is 1. The number of methoxy groups -OCH3 is 1. The summed E-state index contributed by atoms with van der Waals surface area (Å²) >= 11 is 5.09. The predicted molar refractivity (Wildman–Crippen MR) is 92.3 cm³/mol. The Morgan fingerprint density at radius 2 is 2.00 bits per heavy atom. The Kier molecular flexibility index (Phi) is 5.73. The van der Waals surface area contributed by atoms with Gasteiger partial charge in [0.25, 0.3) is 0 Å². The fourth-order valence-electron chi connectivity index (χ4n) is 2.35. The first-order valence-corrected chi connectivity index (χ1v) is 8.50. The number of thioether (sulfide) groups is 1. The van der Waals surface area contributed by atoms with E-state index in [-0.39, 0.29) is 0 Å². The van der Waals surface area contributed by atoms with Crippen LogP contribution in [0.25, 0.3) is 0 Å². The van der Waals surface area contributed by atoms with Crippen LogP contribution in [-0.2, 0) is 0 Å². The average molecular weight is 367 g/mol. The number of aryl methyl sites for hydroxylation is 2. The van der Waals surface area contributed by atoms with Gasteiger partial charge >= 0.3 is 0 Å². The highest BCUT2D eigenvalue weighted by atomic mass is 79.9. The third kappa shape index (κ3) is 4.25. The van der Waals surface area contributed by atoms with Crippen molar-refractivity contribution in [1.82, 2.24) is 0 Å². The van der Waals surface area contributed by atoms with Crippen LogP contribution in [0.15, 0.2) is 45.8 Å². The van der Waals surface area contributed by atoms with Crippen molar-refractivity contribution in [2.45, 2.75) is 24.8 Å². The van der Waals surface area contributed by atoms with E-state index in [0.717, 1.165) is 31.8 Å². The molecule has 2 aromatic carbocycles. The summed E-state index contributed by atoms with van der Waals surface area (Å²) in [6.07, 6.45) is -0.551. The van der Waals surface area contributed by atoms with Gasteiger partial charge < -0.3 is 9.84 Å². The van der Waals surface area contributed by atoms with Crippen molar-refractivity contribution in [1.29, 1.82) is 0 Å². The van der Waals surface area contributed by atoms with Gasteiger partial charge in [0.2, 0.25) is 0 Å². The standard InChI is InChI=1S/C17H19BrO2S/c1-11-7-12(2)17(16(8-11)20-3)15(19)10-21-14-6-4-5-13(18)9-14/h4-9,15,19H,10H2,1-3H3. The molecule has 0 bridgehead atoms. The van der Waals surface area contributed by atoms with Crippen molar-refractivity contribution in [3.63, 3.8) is 0 Å². The van der Waals surface area contributed by atoms with E-state index in [2.05, 4.69) is 28.1 Å². The SMILES string of the molecule is COc1cc(C)cc(C)c1C(O)CSc1cccc(Br)c1. The number of aliphatic hydroxyl groups excluding tert-OH is 1. The summed E-state index contributed by atoms with van der Waals surface area (Å²) in [5.74, 6) is 1.35. The maximum absolute atomic E-state index is 10.5. The van der Waals surface area contributed by atoms with Crippen LogP contribution in [0, 0.1) is 13.8 Å². The molecule has 0 amide bonds. The topological polar surface area (TPSA) is 29.5 Å². The zero-order valence-electron chi connectivity index (χ0n) is 12.4. The fourth-order valence-corrected chi connectivity index (χ4v) is 3.80. The summed E-state index contributed by atoms with van der Waals surface area (Å²) in [4.78, 5) is 1.13. The van der Waals surface area contributed by atoms with E-state index < -0.39 is 6.10 Å². The zero-order chi connectivity index (χ0) is 15.4. The van der Waals surface area contributed by atoms with Crippen molar-refractivity contribution in [2.24, 2.45) is 0 Å². The lowest BCUT2D eigenvalue weighted by molar-refractivity contribution is 0.198. The molecule has 112 valence electrons. The molecule has 0 aromatic heterocycles. The van der Waals surface area contributed by atoms with Crippen molar-refractivity contribution in [3.05, 3.63) is 57.6 Å². The Bertz CT molecular complexity index is 628. The molecule has 0 aliphatic heterocycles. The zero-order valence-corrected chi connectivity index (χ0v) is 14.8. The van der Waals surface area contributed by atoms with Gasteiger partial charge in [-0.15, -0.1) is 11.8 Å². The van der Waals surface area contributed by atoms with E-state index in [1.807, 2.05) is 38.1 Å². The summed E-state index contributed by atoms with van der Waals surface area (Å²) in [6.45, 7) is 4.04. The first-order chi connectivity index (χ1) is 10.0. The van der Waals surface area contributed by atoms with Crippen molar-refractivity contribution >= 4 is 27.7 Å². The molecule has 1 unspecified atom stereocenters. The fraction of sp³-hybridized carbons (Fsp3) is 0.294. The van der Waals surface area contributed by atoms with Crippen LogP contribution >= 0.6 is 27.7 Å². The molecule has 2 nitrogen and oxygen atoms in total. The van der Waals surface area contributed by atoms with Gasteiger partial charge in [-0.1, -0.05) is 28.1 Å². The minimum Gasteiger partial charge on any atom is -0.496 e. The first kappa shape index (κ1) is 16.4. The highest BCUT2D eigenvalue weighted by molar-refractivity contribution is 9.10. The maximum Gasteiger partial charge on any atom is 0.125 e. The van der Waals surface area contributed by atoms with Gasteiger partial charge in [0.15, 0.2) is 0 Å². The lowest BCUT2D eigenvalue weighted by Crippen LogP contribution is -2.06. The Labute approximate surface area is 138 Å². The minimum absolute atomic E-state index is 0.551. The molecular formula is C17H19BrO2S. The summed E-state index contributed by atoms with van der Waals surface area (Å²) < 4.78 is 6.47. The van der Waals surface area contributed by atoms with Crippen LogP contribution < -0.4 is 4.74 Å².